The van der Waals surface area contributed by atoms with Crippen molar-refractivity contribution in [2.45, 2.75) is 13.3 Å². The summed E-state index contributed by atoms with van der Waals surface area (Å²) < 4.78 is 4.89. The van der Waals surface area contributed by atoms with E-state index in [0.29, 0.717) is 5.88 Å². The first-order valence-corrected chi connectivity index (χ1v) is 4.16. The van der Waals surface area contributed by atoms with Crippen molar-refractivity contribution in [1.82, 2.24) is 0 Å². The average molecular weight is 181 g/mol. The molecule has 0 saturated carbocycles. The first-order valence-electron chi connectivity index (χ1n) is 4.16. The summed E-state index contributed by atoms with van der Waals surface area (Å²) in [7, 11) is 1.48. The molecule has 0 heterocycles. The Bertz CT molecular complexity index is 232. The van der Waals surface area contributed by atoms with Crippen molar-refractivity contribution in [3.63, 3.8) is 0 Å². The molecule has 0 aliphatic rings. The third-order valence-electron chi connectivity index (χ3n) is 1.72. The first kappa shape index (κ1) is 11.8. The van der Waals surface area contributed by atoms with Gasteiger partial charge in [0.2, 0.25) is 0 Å². The molecule has 0 unspecified atom stereocenters. The third-order valence-corrected chi connectivity index (χ3v) is 1.72. The van der Waals surface area contributed by atoms with Crippen LogP contribution in [0.1, 0.15) is 13.3 Å². The van der Waals surface area contributed by atoms with Crippen LogP contribution in [0.15, 0.2) is 35.7 Å². The zero-order valence-electron chi connectivity index (χ0n) is 8.21. The summed E-state index contributed by atoms with van der Waals surface area (Å²) in [5.41, 5.74) is 7.18. The number of methoxy groups -OCH3 is 1. The van der Waals surface area contributed by atoms with E-state index in [9.17, 15) is 0 Å². The van der Waals surface area contributed by atoms with Crippen molar-refractivity contribution in [2.24, 2.45) is 5.73 Å². The molecule has 4 heteroatoms. The molecule has 72 valence electrons. The van der Waals surface area contributed by atoms with Crippen molar-refractivity contribution in [3.8, 4) is 0 Å². The summed E-state index contributed by atoms with van der Waals surface area (Å²) in [4.78, 5) is 0. The van der Waals surface area contributed by atoms with Crippen LogP contribution in [-0.4, -0.2) is 19.6 Å². The molecule has 0 aliphatic carbocycles. The quantitative estimate of drug-likeness (QED) is 0.371. The Morgan fingerprint density at radius 3 is 2.62 bits per heavy atom. The smallest absolute Gasteiger partial charge is 0.304 e. The highest BCUT2D eigenvalue weighted by atomic mass is 16.5. The molecular weight excluding hydrogens is 165 g/mol. The fourth-order valence-corrected chi connectivity index (χ4v) is 0.871. The van der Waals surface area contributed by atoms with Crippen LogP contribution in [0.4, 0.5) is 0 Å². The second-order valence-electron chi connectivity index (χ2n) is 2.53. The molecule has 0 aliphatic heterocycles. The van der Waals surface area contributed by atoms with Gasteiger partial charge in [-0.05, 0) is 6.42 Å². The van der Waals surface area contributed by atoms with Gasteiger partial charge >= 0.3 is 7.48 Å². The lowest BCUT2D eigenvalue weighted by Crippen LogP contribution is -2.04. The lowest BCUT2D eigenvalue weighted by atomic mass is 9.86. The van der Waals surface area contributed by atoms with Crippen molar-refractivity contribution in [1.29, 1.82) is 0 Å². The Morgan fingerprint density at radius 2 is 2.31 bits per heavy atom. The number of allylic oxidation sites excluding steroid dienone is 4. The monoisotopic (exact) mass is 181 g/mol. The molecule has 0 radical (unpaired) electrons. The summed E-state index contributed by atoms with van der Waals surface area (Å²) in [6, 6.07) is 0. The molecule has 0 fully saturated rings. The maximum Gasteiger partial charge on any atom is 0.304 e. The highest BCUT2D eigenvalue weighted by molar-refractivity contribution is 6.37. The van der Waals surface area contributed by atoms with Gasteiger partial charge in [0.05, 0.1) is 7.11 Å². The van der Waals surface area contributed by atoms with Crippen molar-refractivity contribution >= 4 is 7.48 Å². The minimum Gasteiger partial charge on any atom is -0.482 e. The van der Waals surface area contributed by atoms with E-state index in [1.165, 1.54) is 7.11 Å². The molecule has 0 amide bonds. The van der Waals surface area contributed by atoms with Crippen molar-refractivity contribution in [3.05, 3.63) is 35.7 Å². The Morgan fingerprint density at radius 1 is 1.69 bits per heavy atom. The van der Waals surface area contributed by atoms with Gasteiger partial charge in [0.25, 0.3) is 0 Å². The van der Waals surface area contributed by atoms with Gasteiger partial charge in [-0.25, -0.2) is 0 Å². The fourth-order valence-electron chi connectivity index (χ4n) is 0.871. The average Bonchev–Trinajstić information content (AvgIpc) is 2.19. The first-order chi connectivity index (χ1) is 6.19. The second kappa shape index (κ2) is 6.37. The van der Waals surface area contributed by atoms with E-state index in [4.69, 9.17) is 15.5 Å². The van der Waals surface area contributed by atoms with E-state index in [2.05, 4.69) is 6.58 Å². The molecular formula is C9H16BNO2. The molecule has 0 bridgehead atoms. The Labute approximate surface area is 79.9 Å². The minimum absolute atomic E-state index is 0.0377. The number of nitrogens with two attached hydrogens (primary N) is 1. The van der Waals surface area contributed by atoms with Crippen LogP contribution in [-0.2, 0) is 4.74 Å². The summed E-state index contributed by atoms with van der Waals surface area (Å²) >= 11 is 0. The lowest BCUT2D eigenvalue weighted by molar-refractivity contribution is 0.283. The van der Waals surface area contributed by atoms with Gasteiger partial charge in [-0.2, -0.15) is 0 Å². The van der Waals surface area contributed by atoms with Crippen LogP contribution in [0.3, 0.4) is 0 Å². The fraction of sp³-hybridized carbons (Fsp3) is 0.333. The second-order valence-corrected chi connectivity index (χ2v) is 2.53. The number of hydrogen-bond acceptors (Lipinski definition) is 3. The van der Waals surface area contributed by atoms with Crippen LogP contribution in [0.5, 0.6) is 0 Å². The zero-order chi connectivity index (χ0) is 10.3. The van der Waals surface area contributed by atoms with E-state index in [1.54, 1.807) is 12.2 Å². The summed E-state index contributed by atoms with van der Waals surface area (Å²) in [6.07, 6.45) is 4.14. The minimum atomic E-state index is -0.0377. The zero-order valence-corrected chi connectivity index (χ0v) is 8.21. The van der Waals surface area contributed by atoms with Crippen molar-refractivity contribution in [2.75, 3.05) is 7.11 Å². The SMILES string of the molecule is C=C/C(BO)=C\C(CC)=C(/N)OC. The number of rotatable bonds is 5. The molecule has 3 N–H and O–H groups in total. The Balaban J connectivity index is 4.79. The predicted molar refractivity (Wildman–Crippen MR) is 56.2 cm³/mol. The van der Waals surface area contributed by atoms with E-state index < -0.39 is 0 Å². The highest BCUT2D eigenvalue weighted by Gasteiger charge is 2.00. The van der Waals surface area contributed by atoms with Crippen LogP contribution >= 0.6 is 0 Å². The van der Waals surface area contributed by atoms with Gasteiger partial charge < -0.3 is 15.5 Å². The molecule has 0 spiro atoms. The third kappa shape index (κ3) is 3.85. The van der Waals surface area contributed by atoms with E-state index in [1.807, 2.05) is 6.92 Å². The highest BCUT2D eigenvalue weighted by Crippen LogP contribution is 2.09. The molecule has 0 aromatic carbocycles. The number of hydrogen-bond donors (Lipinski definition) is 2. The largest absolute Gasteiger partial charge is 0.482 e. The summed E-state index contributed by atoms with van der Waals surface area (Å²) in [5, 5.41) is 8.88. The van der Waals surface area contributed by atoms with E-state index in [-0.39, 0.29) is 7.48 Å². The number of ether oxygens (including phenoxy) is 1. The van der Waals surface area contributed by atoms with E-state index >= 15 is 0 Å². The normalized spacial score (nSPS) is 13.3. The predicted octanol–water partition coefficient (Wildman–Crippen LogP) is 0.627. The van der Waals surface area contributed by atoms with Gasteiger partial charge in [0, 0.05) is 5.57 Å². The summed E-state index contributed by atoms with van der Waals surface area (Å²) in [5.74, 6) is 0.385. The molecule has 0 aromatic rings. The van der Waals surface area contributed by atoms with E-state index in [0.717, 1.165) is 17.5 Å². The Hall–Kier alpha value is -1.16. The topological polar surface area (TPSA) is 55.5 Å². The van der Waals surface area contributed by atoms with Crippen molar-refractivity contribution < 1.29 is 9.76 Å². The molecule has 0 saturated heterocycles. The maximum atomic E-state index is 8.88. The molecule has 13 heavy (non-hydrogen) atoms. The molecule has 0 atom stereocenters. The molecule has 3 nitrogen and oxygen atoms in total. The van der Waals surface area contributed by atoms with Gasteiger partial charge in [-0.15, -0.1) is 0 Å². The summed E-state index contributed by atoms with van der Waals surface area (Å²) in [6.45, 7) is 5.54. The maximum absolute atomic E-state index is 8.88. The standard InChI is InChI=1S/C9H16BNO2/c1-4-7(9(11)13-3)6-8(5-2)10-12/h5-6,10,12H,2,4,11H2,1,3H3/b8-6+,9-7+. The van der Waals surface area contributed by atoms with Crippen LogP contribution in [0, 0.1) is 0 Å². The van der Waals surface area contributed by atoms with Gasteiger partial charge in [0.1, 0.15) is 0 Å². The van der Waals surface area contributed by atoms with Gasteiger partial charge in [-0.1, -0.05) is 31.1 Å². The van der Waals surface area contributed by atoms with Gasteiger partial charge in [-0.3, -0.25) is 0 Å². The Kier molecular flexibility index (Phi) is 5.80. The van der Waals surface area contributed by atoms with Gasteiger partial charge in [0.15, 0.2) is 5.88 Å². The van der Waals surface area contributed by atoms with Crippen LogP contribution in [0.2, 0.25) is 0 Å². The van der Waals surface area contributed by atoms with Crippen LogP contribution in [0.25, 0.3) is 0 Å². The van der Waals surface area contributed by atoms with Crippen LogP contribution < -0.4 is 5.73 Å². The molecule has 0 aromatic heterocycles. The molecule has 0 rings (SSSR count). The lowest BCUT2D eigenvalue weighted by Gasteiger charge is -2.05.